The molecule has 1 atom stereocenters. The number of hydrogen-bond donors (Lipinski definition) is 0. The molecule has 1 saturated heterocycles. The van der Waals surface area contributed by atoms with Crippen molar-refractivity contribution in [2.24, 2.45) is 0 Å². The molecule has 3 heterocycles. The van der Waals surface area contributed by atoms with Gasteiger partial charge in [-0.2, -0.15) is 0 Å². The first-order valence-corrected chi connectivity index (χ1v) is 10.1. The molecule has 2 aromatic heterocycles. The van der Waals surface area contributed by atoms with Crippen molar-refractivity contribution in [3.05, 3.63) is 16.8 Å². The molecular formula is C17H24N4OS2. The lowest BCUT2D eigenvalue weighted by Gasteiger charge is -2.35. The summed E-state index contributed by atoms with van der Waals surface area (Å²) in [6.07, 6.45) is 1.61. The smallest absolute Gasteiger partial charge is 0.235 e. The van der Waals surface area contributed by atoms with Crippen LogP contribution < -0.4 is 0 Å². The van der Waals surface area contributed by atoms with Crippen LogP contribution in [0.3, 0.4) is 0 Å². The molecule has 1 fully saturated rings. The third-order valence-corrected chi connectivity index (χ3v) is 6.90. The summed E-state index contributed by atoms with van der Waals surface area (Å²) in [6, 6.07) is 0. The molecule has 1 amide bonds. The van der Waals surface area contributed by atoms with Crippen molar-refractivity contribution in [1.82, 2.24) is 19.8 Å². The number of fused-ring (bicyclic) bond motifs is 1. The maximum Gasteiger partial charge on any atom is 0.235 e. The number of aromatic nitrogens is 2. The minimum absolute atomic E-state index is 0.129. The Morgan fingerprint density at radius 3 is 2.67 bits per heavy atom. The first-order valence-electron chi connectivity index (χ1n) is 8.39. The summed E-state index contributed by atoms with van der Waals surface area (Å²) < 4.78 is 0. The topological polar surface area (TPSA) is 49.3 Å². The van der Waals surface area contributed by atoms with Gasteiger partial charge in [-0.25, -0.2) is 9.97 Å². The van der Waals surface area contributed by atoms with E-state index in [2.05, 4.69) is 35.6 Å². The van der Waals surface area contributed by atoms with Crippen molar-refractivity contribution in [1.29, 1.82) is 0 Å². The van der Waals surface area contributed by atoms with Gasteiger partial charge in [0.25, 0.3) is 0 Å². The second-order valence-corrected chi connectivity index (χ2v) is 8.69. The van der Waals surface area contributed by atoms with Crippen LogP contribution in [0, 0.1) is 13.8 Å². The normalized spacial score (nSPS) is 17.4. The van der Waals surface area contributed by atoms with Gasteiger partial charge >= 0.3 is 0 Å². The average Bonchev–Trinajstić information content (AvgIpc) is 2.89. The molecule has 0 N–H and O–H groups in total. The number of aryl methyl sites for hydroxylation is 2. The number of carbonyl (C=O) groups is 1. The molecule has 0 bridgehead atoms. The molecule has 0 spiro atoms. The summed E-state index contributed by atoms with van der Waals surface area (Å²) >= 11 is 3.25. The first-order chi connectivity index (χ1) is 11.5. The summed E-state index contributed by atoms with van der Waals surface area (Å²) in [5.74, 6) is 0.215. The number of piperazine rings is 1. The molecule has 0 radical (unpaired) electrons. The van der Waals surface area contributed by atoms with Crippen LogP contribution in [0.4, 0.5) is 0 Å². The minimum Gasteiger partial charge on any atom is -0.339 e. The fourth-order valence-electron chi connectivity index (χ4n) is 3.00. The zero-order valence-electron chi connectivity index (χ0n) is 14.7. The summed E-state index contributed by atoms with van der Waals surface area (Å²) in [6.45, 7) is 13.0. The number of hydrogen-bond acceptors (Lipinski definition) is 6. The molecule has 1 aliphatic rings. The standard InChI is InChI=1S/C17H24N4OS2/c1-5-20-6-8-21(9-7-20)17(22)13(4)24-16-14-11(2)12(3)23-15(14)18-10-19-16/h10,13H,5-9H2,1-4H3/t13-/m0/s1. The van der Waals surface area contributed by atoms with E-state index < -0.39 is 0 Å². The van der Waals surface area contributed by atoms with Crippen molar-refractivity contribution in [2.75, 3.05) is 32.7 Å². The van der Waals surface area contributed by atoms with Crippen molar-refractivity contribution < 1.29 is 4.79 Å². The Labute approximate surface area is 151 Å². The van der Waals surface area contributed by atoms with Gasteiger partial charge in [-0.15, -0.1) is 11.3 Å². The zero-order chi connectivity index (χ0) is 17.3. The van der Waals surface area contributed by atoms with Crippen molar-refractivity contribution in [3.8, 4) is 0 Å². The van der Waals surface area contributed by atoms with Gasteiger partial charge in [0.05, 0.1) is 5.25 Å². The molecule has 0 unspecified atom stereocenters. The van der Waals surface area contributed by atoms with Gasteiger partial charge < -0.3 is 9.80 Å². The van der Waals surface area contributed by atoms with E-state index >= 15 is 0 Å². The fraction of sp³-hybridized carbons (Fsp3) is 0.588. The molecule has 2 aromatic rings. The Morgan fingerprint density at radius 1 is 1.29 bits per heavy atom. The lowest BCUT2D eigenvalue weighted by molar-refractivity contribution is -0.132. The quantitative estimate of drug-likeness (QED) is 0.617. The lowest BCUT2D eigenvalue weighted by Crippen LogP contribution is -2.50. The number of thioether (sulfide) groups is 1. The van der Waals surface area contributed by atoms with Crippen molar-refractivity contribution in [3.63, 3.8) is 0 Å². The van der Waals surface area contributed by atoms with Gasteiger partial charge in [0, 0.05) is 36.4 Å². The number of likely N-dealkylation sites (N-methyl/N-ethyl adjacent to an activating group) is 1. The van der Waals surface area contributed by atoms with Crippen LogP contribution in [0.1, 0.15) is 24.3 Å². The Hall–Kier alpha value is -1.18. The lowest BCUT2D eigenvalue weighted by atomic mass is 10.2. The average molecular weight is 365 g/mol. The van der Waals surface area contributed by atoms with Crippen LogP contribution in [-0.2, 0) is 4.79 Å². The van der Waals surface area contributed by atoms with Gasteiger partial charge in [-0.1, -0.05) is 18.7 Å². The van der Waals surface area contributed by atoms with E-state index in [1.165, 1.54) is 10.4 Å². The number of amides is 1. The van der Waals surface area contributed by atoms with Crippen LogP contribution in [0.2, 0.25) is 0 Å². The largest absolute Gasteiger partial charge is 0.339 e. The number of rotatable bonds is 4. The van der Waals surface area contributed by atoms with Crippen molar-refractivity contribution in [2.45, 2.75) is 38.0 Å². The third-order valence-electron chi connectivity index (χ3n) is 4.70. The van der Waals surface area contributed by atoms with Crippen LogP contribution in [0.15, 0.2) is 11.4 Å². The van der Waals surface area contributed by atoms with E-state index in [4.69, 9.17) is 0 Å². The predicted molar refractivity (Wildman–Crippen MR) is 101 cm³/mol. The van der Waals surface area contributed by atoms with Gasteiger partial charge in [0.2, 0.25) is 5.91 Å². The van der Waals surface area contributed by atoms with Crippen LogP contribution in [-0.4, -0.2) is 63.6 Å². The molecular weight excluding hydrogens is 340 g/mol. The van der Waals surface area contributed by atoms with Crippen LogP contribution >= 0.6 is 23.1 Å². The van der Waals surface area contributed by atoms with E-state index in [1.54, 1.807) is 29.4 Å². The second kappa shape index (κ2) is 7.37. The van der Waals surface area contributed by atoms with E-state index in [-0.39, 0.29) is 11.2 Å². The molecule has 130 valence electrons. The third kappa shape index (κ3) is 3.43. The zero-order valence-corrected chi connectivity index (χ0v) is 16.3. The summed E-state index contributed by atoms with van der Waals surface area (Å²) in [4.78, 5) is 28.3. The van der Waals surface area contributed by atoms with E-state index in [0.717, 1.165) is 48.0 Å². The molecule has 3 rings (SSSR count). The highest BCUT2D eigenvalue weighted by molar-refractivity contribution is 8.00. The highest BCUT2D eigenvalue weighted by Gasteiger charge is 2.26. The van der Waals surface area contributed by atoms with Gasteiger partial charge in [-0.3, -0.25) is 4.79 Å². The Balaban J connectivity index is 1.73. The second-order valence-electron chi connectivity index (χ2n) is 6.16. The Kier molecular flexibility index (Phi) is 5.42. The fourth-order valence-corrected chi connectivity index (χ4v) is 5.12. The summed E-state index contributed by atoms with van der Waals surface area (Å²) in [7, 11) is 0. The van der Waals surface area contributed by atoms with Crippen molar-refractivity contribution >= 4 is 39.2 Å². The molecule has 5 nitrogen and oxygen atoms in total. The highest BCUT2D eigenvalue weighted by Crippen LogP contribution is 2.36. The molecule has 0 saturated carbocycles. The van der Waals surface area contributed by atoms with Gasteiger partial charge in [0.15, 0.2) is 0 Å². The Morgan fingerprint density at radius 2 is 2.00 bits per heavy atom. The molecule has 24 heavy (non-hydrogen) atoms. The summed E-state index contributed by atoms with van der Waals surface area (Å²) in [5.41, 5.74) is 1.23. The van der Waals surface area contributed by atoms with E-state index in [1.807, 2.05) is 11.8 Å². The summed E-state index contributed by atoms with van der Waals surface area (Å²) in [5, 5.41) is 1.91. The monoisotopic (exact) mass is 364 g/mol. The number of nitrogens with zero attached hydrogens (tertiary/aromatic N) is 4. The maximum absolute atomic E-state index is 12.8. The molecule has 1 aliphatic heterocycles. The Bertz CT molecular complexity index is 738. The van der Waals surface area contributed by atoms with Gasteiger partial charge in [-0.05, 0) is 32.9 Å². The molecule has 0 aliphatic carbocycles. The van der Waals surface area contributed by atoms with Crippen LogP contribution in [0.5, 0.6) is 0 Å². The predicted octanol–water partition coefficient (Wildman–Crippen LogP) is 2.95. The maximum atomic E-state index is 12.8. The number of thiophene rings is 1. The highest BCUT2D eigenvalue weighted by atomic mass is 32.2. The minimum atomic E-state index is -0.129. The first kappa shape index (κ1) is 17.6. The molecule has 0 aromatic carbocycles. The van der Waals surface area contributed by atoms with E-state index in [9.17, 15) is 4.79 Å². The van der Waals surface area contributed by atoms with Gasteiger partial charge in [0.1, 0.15) is 16.2 Å². The number of carbonyl (C=O) groups excluding carboxylic acids is 1. The SMILES string of the molecule is CCN1CCN(C(=O)[C@H](C)Sc2ncnc3sc(C)c(C)c23)CC1. The molecule has 7 heteroatoms. The van der Waals surface area contributed by atoms with E-state index in [0.29, 0.717) is 0 Å². The van der Waals surface area contributed by atoms with Crippen LogP contribution in [0.25, 0.3) is 10.2 Å².